The molecule has 0 saturated heterocycles. The SMILES string of the molecule is COC(=O)c1c(CCc2ccc(O)cc2)ccnc1Br. The minimum Gasteiger partial charge on any atom is -0.508 e. The second-order valence-corrected chi connectivity index (χ2v) is 5.05. The van der Waals surface area contributed by atoms with E-state index in [1.54, 1.807) is 18.3 Å². The number of hydrogen-bond donors (Lipinski definition) is 1. The first-order valence-electron chi connectivity index (χ1n) is 6.11. The van der Waals surface area contributed by atoms with Gasteiger partial charge in [0.15, 0.2) is 0 Å². The number of pyridine rings is 1. The van der Waals surface area contributed by atoms with Gasteiger partial charge in [-0.3, -0.25) is 0 Å². The number of aromatic nitrogens is 1. The van der Waals surface area contributed by atoms with Gasteiger partial charge in [0.2, 0.25) is 0 Å². The third kappa shape index (κ3) is 3.36. The van der Waals surface area contributed by atoms with Gasteiger partial charge in [0.25, 0.3) is 0 Å². The van der Waals surface area contributed by atoms with Crippen LogP contribution >= 0.6 is 15.9 Å². The summed E-state index contributed by atoms with van der Waals surface area (Å²) in [6.45, 7) is 0. The third-order valence-corrected chi connectivity index (χ3v) is 3.60. The maximum absolute atomic E-state index is 11.8. The van der Waals surface area contributed by atoms with E-state index in [-0.39, 0.29) is 5.75 Å². The summed E-state index contributed by atoms with van der Waals surface area (Å²) < 4.78 is 5.28. The van der Waals surface area contributed by atoms with Crippen molar-refractivity contribution in [2.75, 3.05) is 7.11 Å². The largest absolute Gasteiger partial charge is 0.508 e. The zero-order chi connectivity index (χ0) is 14.5. The number of halogens is 1. The lowest BCUT2D eigenvalue weighted by Crippen LogP contribution is -2.08. The normalized spacial score (nSPS) is 10.3. The summed E-state index contributed by atoms with van der Waals surface area (Å²) in [7, 11) is 1.35. The Balaban J connectivity index is 2.19. The van der Waals surface area contributed by atoms with Crippen molar-refractivity contribution in [3.63, 3.8) is 0 Å². The number of methoxy groups -OCH3 is 1. The average molecular weight is 336 g/mol. The lowest BCUT2D eigenvalue weighted by Gasteiger charge is -2.09. The molecule has 0 aliphatic rings. The summed E-state index contributed by atoms with van der Waals surface area (Å²) in [5.74, 6) is -0.152. The fourth-order valence-corrected chi connectivity index (χ4v) is 2.48. The molecular formula is C15H14BrNO3. The van der Waals surface area contributed by atoms with Crippen LogP contribution in [0.2, 0.25) is 0 Å². The van der Waals surface area contributed by atoms with Crippen molar-refractivity contribution >= 4 is 21.9 Å². The standard InChI is InChI=1S/C15H14BrNO3/c1-20-15(19)13-11(8-9-17-14(13)16)5-2-10-3-6-12(18)7-4-10/h3-4,6-9,18H,2,5H2,1H3. The van der Waals surface area contributed by atoms with Gasteiger partial charge >= 0.3 is 5.97 Å². The summed E-state index contributed by atoms with van der Waals surface area (Å²) in [6, 6.07) is 8.85. The van der Waals surface area contributed by atoms with Gasteiger partial charge in [0.05, 0.1) is 12.7 Å². The first kappa shape index (κ1) is 14.5. The van der Waals surface area contributed by atoms with Gasteiger partial charge in [-0.1, -0.05) is 12.1 Å². The highest BCUT2D eigenvalue weighted by molar-refractivity contribution is 9.10. The number of nitrogens with zero attached hydrogens (tertiary/aromatic N) is 1. The number of hydrogen-bond acceptors (Lipinski definition) is 4. The maximum Gasteiger partial charge on any atom is 0.340 e. The number of phenols is 1. The van der Waals surface area contributed by atoms with Crippen molar-refractivity contribution in [3.05, 3.63) is 57.8 Å². The topological polar surface area (TPSA) is 59.4 Å². The molecule has 20 heavy (non-hydrogen) atoms. The highest BCUT2D eigenvalue weighted by atomic mass is 79.9. The number of aromatic hydroxyl groups is 1. The maximum atomic E-state index is 11.8. The lowest BCUT2D eigenvalue weighted by molar-refractivity contribution is 0.0598. The Bertz CT molecular complexity index is 611. The van der Waals surface area contributed by atoms with E-state index in [0.717, 1.165) is 17.5 Å². The van der Waals surface area contributed by atoms with Crippen LogP contribution in [0.15, 0.2) is 41.1 Å². The molecule has 0 bridgehead atoms. The van der Waals surface area contributed by atoms with Gasteiger partial charge in [-0.05, 0) is 58.1 Å². The van der Waals surface area contributed by atoms with Crippen LogP contribution in [0.3, 0.4) is 0 Å². The Kier molecular flexibility index (Phi) is 4.74. The molecular weight excluding hydrogens is 322 g/mol. The summed E-state index contributed by atoms with van der Waals surface area (Å²) >= 11 is 3.28. The highest BCUT2D eigenvalue weighted by Crippen LogP contribution is 2.21. The number of carbonyl (C=O) groups is 1. The van der Waals surface area contributed by atoms with Crippen LogP contribution in [0.5, 0.6) is 5.75 Å². The predicted octanol–water partition coefficient (Wildman–Crippen LogP) is 3.12. The number of carbonyl (C=O) groups excluding carboxylic acids is 1. The Hall–Kier alpha value is -1.88. The van der Waals surface area contributed by atoms with E-state index in [9.17, 15) is 9.90 Å². The van der Waals surface area contributed by atoms with Crippen molar-refractivity contribution in [3.8, 4) is 5.75 Å². The Morgan fingerprint density at radius 3 is 2.60 bits per heavy atom. The quantitative estimate of drug-likeness (QED) is 0.688. The second-order valence-electron chi connectivity index (χ2n) is 4.29. The summed E-state index contributed by atoms with van der Waals surface area (Å²) in [5.41, 5.74) is 2.44. The summed E-state index contributed by atoms with van der Waals surface area (Å²) in [5, 5.41) is 9.25. The molecule has 1 heterocycles. The first-order valence-corrected chi connectivity index (χ1v) is 6.90. The zero-order valence-electron chi connectivity index (χ0n) is 11.0. The summed E-state index contributed by atoms with van der Waals surface area (Å²) in [6.07, 6.45) is 3.11. The highest BCUT2D eigenvalue weighted by Gasteiger charge is 2.16. The van der Waals surface area contributed by atoms with E-state index in [0.29, 0.717) is 16.6 Å². The minimum absolute atomic E-state index is 0.246. The molecule has 4 nitrogen and oxygen atoms in total. The molecule has 0 fully saturated rings. The number of rotatable bonds is 4. The van der Waals surface area contributed by atoms with Crippen LogP contribution in [-0.4, -0.2) is 23.2 Å². The van der Waals surface area contributed by atoms with Crippen molar-refractivity contribution in [1.82, 2.24) is 4.98 Å². The van der Waals surface area contributed by atoms with Gasteiger partial charge in [-0.2, -0.15) is 0 Å². The smallest absolute Gasteiger partial charge is 0.340 e. The molecule has 1 aromatic carbocycles. The van der Waals surface area contributed by atoms with E-state index >= 15 is 0 Å². The number of esters is 1. The molecule has 0 aliphatic heterocycles. The third-order valence-electron chi connectivity index (χ3n) is 3.00. The number of ether oxygens (including phenoxy) is 1. The van der Waals surface area contributed by atoms with E-state index < -0.39 is 5.97 Å². The fraction of sp³-hybridized carbons (Fsp3) is 0.200. The van der Waals surface area contributed by atoms with Gasteiger partial charge in [0, 0.05) is 6.20 Å². The number of phenolic OH excluding ortho intramolecular Hbond substituents is 1. The van der Waals surface area contributed by atoms with E-state index in [2.05, 4.69) is 20.9 Å². The minimum atomic E-state index is -0.398. The van der Waals surface area contributed by atoms with Crippen molar-refractivity contribution < 1.29 is 14.6 Å². The zero-order valence-corrected chi connectivity index (χ0v) is 12.6. The Morgan fingerprint density at radius 1 is 1.25 bits per heavy atom. The molecule has 0 aliphatic carbocycles. The van der Waals surface area contributed by atoms with Gasteiger partial charge in [-0.15, -0.1) is 0 Å². The molecule has 1 aromatic heterocycles. The number of benzene rings is 1. The molecule has 0 unspecified atom stereocenters. The van der Waals surface area contributed by atoms with Crippen LogP contribution in [0.1, 0.15) is 21.5 Å². The summed E-state index contributed by atoms with van der Waals surface area (Å²) in [4.78, 5) is 15.8. The molecule has 1 N–H and O–H groups in total. The van der Waals surface area contributed by atoms with Crippen LogP contribution in [0.4, 0.5) is 0 Å². The molecule has 2 rings (SSSR count). The van der Waals surface area contributed by atoms with Crippen molar-refractivity contribution in [1.29, 1.82) is 0 Å². The molecule has 2 aromatic rings. The van der Waals surface area contributed by atoms with Crippen molar-refractivity contribution in [2.24, 2.45) is 0 Å². The molecule has 104 valence electrons. The molecule has 0 radical (unpaired) electrons. The monoisotopic (exact) mass is 335 g/mol. The van der Waals surface area contributed by atoms with E-state index in [4.69, 9.17) is 4.74 Å². The Labute approximate surface area is 125 Å². The van der Waals surface area contributed by atoms with E-state index in [1.807, 2.05) is 18.2 Å². The Morgan fingerprint density at radius 2 is 1.95 bits per heavy atom. The van der Waals surface area contributed by atoms with Crippen LogP contribution in [0.25, 0.3) is 0 Å². The van der Waals surface area contributed by atoms with E-state index in [1.165, 1.54) is 7.11 Å². The lowest BCUT2D eigenvalue weighted by atomic mass is 10.0. The van der Waals surface area contributed by atoms with Crippen LogP contribution in [0, 0.1) is 0 Å². The van der Waals surface area contributed by atoms with Gasteiger partial charge < -0.3 is 9.84 Å². The van der Waals surface area contributed by atoms with Gasteiger partial charge in [-0.25, -0.2) is 9.78 Å². The predicted molar refractivity (Wildman–Crippen MR) is 78.8 cm³/mol. The number of aryl methyl sites for hydroxylation is 2. The fourth-order valence-electron chi connectivity index (χ4n) is 1.94. The molecule has 5 heteroatoms. The molecule has 0 spiro atoms. The van der Waals surface area contributed by atoms with Crippen molar-refractivity contribution in [2.45, 2.75) is 12.8 Å². The first-order chi connectivity index (χ1) is 9.61. The molecule has 0 saturated carbocycles. The molecule has 0 atom stereocenters. The van der Waals surface area contributed by atoms with Gasteiger partial charge in [0.1, 0.15) is 10.4 Å². The molecule has 0 amide bonds. The average Bonchev–Trinajstić information content (AvgIpc) is 2.46. The van der Waals surface area contributed by atoms with Crippen LogP contribution < -0.4 is 0 Å². The second kappa shape index (κ2) is 6.52. The van der Waals surface area contributed by atoms with Crippen LogP contribution in [-0.2, 0) is 17.6 Å².